The van der Waals surface area contributed by atoms with Gasteiger partial charge in [0, 0.05) is 11.8 Å². The molecule has 0 atom stereocenters. The molecular weight excluding hydrogens is 224 g/mol. The highest BCUT2D eigenvalue weighted by molar-refractivity contribution is 5.80. The lowest BCUT2D eigenvalue weighted by Gasteiger charge is -2.03. The van der Waals surface area contributed by atoms with E-state index in [9.17, 15) is 4.79 Å². The molecule has 0 fully saturated rings. The third kappa shape index (κ3) is 2.74. The van der Waals surface area contributed by atoms with Crippen LogP contribution in [-0.2, 0) is 0 Å². The number of nitrogens with one attached hydrogen (secondary N) is 1. The van der Waals surface area contributed by atoms with E-state index in [1.54, 1.807) is 24.4 Å². The molecule has 0 aliphatic carbocycles. The zero-order valence-corrected chi connectivity index (χ0v) is 10.9. The summed E-state index contributed by atoms with van der Waals surface area (Å²) in [5.74, 6) is 0. The fourth-order valence-corrected chi connectivity index (χ4v) is 1.51. The predicted octanol–water partition coefficient (Wildman–Crippen LogP) is 3.63. The minimum Gasteiger partial charge on any atom is -0.339 e. The van der Waals surface area contributed by atoms with Crippen LogP contribution in [0.15, 0.2) is 36.3 Å². The molecule has 2 aromatic rings. The Kier molecular flexibility index (Phi) is 5.06. The van der Waals surface area contributed by atoms with Gasteiger partial charge in [-0.25, -0.2) is 4.98 Å². The van der Waals surface area contributed by atoms with Gasteiger partial charge in [-0.15, -0.1) is 0 Å². The van der Waals surface area contributed by atoms with Crippen LogP contribution in [0.3, 0.4) is 0 Å². The number of rotatable bonds is 2. The SMILES string of the molecule is C=Cc1[nH]c2ncccc2c(=O)c1C=C.CCC. The lowest BCUT2D eigenvalue weighted by Crippen LogP contribution is -2.10. The summed E-state index contributed by atoms with van der Waals surface area (Å²) in [6.07, 6.45) is 6.01. The molecule has 0 spiro atoms. The van der Waals surface area contributed by atoms with Gasteiger partial charge in [0.05, 0.1) is 11.1 Å². The normalized spacial score (nSPS) is 9.44. The van der Waals surface area contributed by atoms with E-state index < -0.39 is 0 Å². The molecule has 0 saturated heterocycles. The Hall–Kier alpha value is -2.16. The van der Waals surface area contributed by atoms with Gasteiger partial charge in [-0.3, -0.25) is 4.79 Å². The maximum atomic E-state index is 12.0. The highest BCUT2D eigenvalue weighted by Crippen LogP contribution is 2.10. The first kappa shape index (κ1) is 13.9. The first-order valence-corrected chi connectivity index (χ1v) is 5.95. The molecule has 0 aliphatic heterocycles. The first-order valence-electron chi connectivity index (χ1n) is 5.95. The lowest BCUT2D eigenvalue weighted by atomic mass is 10.1. The lowest BCUT2D eigenvalue weighted by molar-refractivity contribution is 1.09. The zero-order chi connectivity index (χ0) is 13.5. The van der Waals surface area contributed by atoms with Gasteiger partial charge in [0.15, 0.2) is 5.43 Å². The second-order valence-electron chi connectivity index (χ2n) is 3.80. The van der Waals surface area contributed by atoms with Crippen molar-refractivity contribution in [1.29, 1.82) is 0 Å². The number of aromatic nitrogens is 2. The molecule has 2 heterocycles. The Labute approximate surface area is 107 Å². The number of H-pyrrole nitrogens is 1. The minimum atomic E-state index is -0.0678. The van der Waals surface area contributed by atoms with Crippen LogP contribution in [0, 0.1) is 0 Å². The Morgan fingerprint density at radius 3 is 2.56 bits per heavy atom. The van der Waals surface area contributed by atoms with Crippen LogP contribution in [0.4, 0.5) is 0 Å². The van der Waals surface area contributed by atoms with Crippen LogP contribution in [0.25, 0.3) is 23.2 Å². The van der Waals surface area contributed by atoms with E-state index in [1.807, 2.05) is 0 Å². The molecule has 0 unspecified atom stereocenters. The summed E-state index contributed by atoms with van der Waals surface area (Å²) in [7, 11) is 0. The molecule has 2 aromatic heterocycles. The average Bonchev–Trinajstić information content (AvgIpc) is 2.39. The second-order valence-corrected chi connectivity index (χ2v) is 3.80. The third-order valence-corrected chi connectivity index (χ3v) is 2.25. The van der Waals surface area contributed by atoms with Crippen molar-refractivity contribution in [2.75, 3.05) is 0 Å². The number of fused-ring (bicyclic) bond motifs is 1. The molecule has 3 heteroatoms. The van der Waals surface area contributed by atoms with E-state index in [1.165, 1.54) is 12.5 Å². The van der Waals surface area contributed by atoms with Crippen LogP contribution in [0.5, 0.6) is 0 Å². The fourth-order valence-electron chi connectivity index (χ4n) is 1.51. The maximum absolute atomic E-state index is 12.0. The Balaban J connectivity index is 0.000000492. The van der Waals surface area contributed by atoms with Gasteiger partial charge in [0.2, 0.25) is 0 Å². The van der Waals surface area contributed by atoms with Crippen molar-refractivity contribution >= 4 is 23.2 Å². The summed E-state index contributed by atoms with van der Waals surface area (Å²) < 4.78 is 0. The zero-order valence-electron chi connectivity index (χ0n) is 10.9. The summed E-state index contributed by atoms with van der Waals surface area (Å²) in [5.41, 5.74) is 1.69. The summed E-state index contributed by atoms with van der Waals surface area (Å²) in [5, 5.41) is 0.568. The quantitative estimate of drug-likeness (QED) is 0.874. The van der Waals surface area contributed by atoms with Gasteiger partial charge in [-0.2, -0.15) is 0 Å². The van der Waals surface area contributed by atoms with E-state index in [4.69, 9.17) is 0 Å². The topological polar surface area (TPSA) is 45.8 Å². The van der Waals surface area contributed by atoms with Crippen molar-refractivity contribution < 1.29 is 0 Å². The first-order chi connectivity index (χ1) is 8.69. The van der Waals surface area contributed by atoms with Gasteiger partial charge >= 0.3 is 0 Å². The molecule has 2 rings (SSSR count). The monoisotopic (exact) mass is 242 g/mol. The molecule has 1 N–H and O–H groups in total. The van der Waals surface area contributed by atoms with Crippen LogP contribution in [0.2, 0.25) is 0 Å². The van der Waals surface area contributed by atoms with Crippen molar-refractivity contribution in [2.24, 2.45) is 0 Å². The number of aromatic amines is 1. The van der Waals surface area contributed by atoms with Crippen molar-refractivity contribution in [3.8, 4) is 0 Å². The van der Waals surface area contributed by atoms with Crippen LogP contribution in [0.1, 0.15) is 31.5 Å². The average molecular weight is 242 g/mol. The van der Waals surface area contributed by atoms with Crippen LogP contribution >= 0.6 is 0 Å². The van der Waals surface area contributed by atoms with Crippen molar-refractivity contribution in [3.05, 3.63) is 53.0 Å². The third-order valence-electron chi connectivity index (χ3n) is 2.25. The molecule has 18 heavy (non-hydrogen) atoms. The largest absolute Gasteiger partial charge is 0.339 e. The van der Waals surface area contributed by atoms with Crippen molar-refractivity contribution in [1.82, 2.24) is 9.97 Å². The van der Waals surface area contributed by atoms with E-state index >= 15 is 0 Å². The van der Waals surface area contributed by atoms with Gasteiger partial charge in [0.25, 0.3) is 0 Å². The number of hydrogen-bond donors (Lipinski definition) is 1. The Bertz CT molecular complexity index is 611. The summed E-state index contributed by atoms with van der Waals surface area (Å²) in [4.78, 5) is 19.1. The van der Waals surface area contributed by atoms with Gasteiger partial charge < -0.3 is 4.98 Å². The molecule has 0 bridgehead atoms. The standard InChI is InChI=1S/C12H10N2O.C3H8/c1-3-8-10(4-2)14-12-9(11(8)15)6-5-7-13-12;1-3-2/h3-7H,1-2H2,(H,13,14,15);3H2,1-2H3. The molecular formula is C15H18N2O. The van der Waals surface area contributed by atoms with Crippen molar-refractivity contribution in [3.63, 3.8) is 0 Å². The number of hydrogen-bond acceptors (Lipinski definition) is 2. The Morgan fingerprint density at radius 2 is 2.00 bits per heavy atom. The fraction of sp³-hybridized carbons (Fsp3) is 0.200. The van der Waals surface area contributed by atoms with Crippen molar-refractivity contribution in [2.45, 2.75) is 20.3 Å². The molecule has 0 aliphatic rings. The molecule has 0 aromatic carbocycles. The number of pyridine rings is 2. The second kappa shape index (κ2) is 6.55. The highest BCUT2D eigenvalue weighted by atomic mass is 16.1. The van der Waals surface area contributed by atoms with E-state index in [-0.39, 0.29) is 5.43 Å². The minimum absolute atomic E-state index is 0.0678. The number of nitrogens with zero attached hydrogens (tertiary/aromatic N) is 1. The van der Waals surface area contributed by atoms with Gasteiger partial charge in [-0.1, -0.05) is 39.5 Å². The van der Waals surface area contributed by atoms with Gasteiger partial charge in [-0.05, 0) is 18.2 Å². The molecule has 0 radical (unpaired) electrons. The smallest absolute Gasteiger partial charge is 0.198 e. The van der Waals surface area contributed by atoms with E-state index in [0.717, 1.165) is 0 Å². The van der Waals surface area contributed by atoms with E-state index in [0.29, 0.717) is 22.3 Å². The summed E-state index contributed by atoms with van der Waals surface area (Å²) in [6.45, 7) is 11.5. The highest BCUT2D eigenvalue weighted by Gasteiger charge is 2.06. The van der Waals surface area contributed by atoms with E-state index in [2.05, 4.69) is 37.0 Å². The van der Waals surface area contributed by atoms with Crippen LogP contribution < -0.4 is 5.43 Å². The molecule has 3 nitrogen and oxygen atoms in total. The Morgan fingerprint density at radius 1 is 1.33 bits per heavy atom. The molecule has 94 valence electrons. The summed E-state index contributed by atoms with van der Waals surface area (Å²) >= 11 is 0. The summed E-state index contributed by atoms with van der Waals surface area (Å²) in [6, 6.07) is 3.47. The van der Waals surface area contributed by atoms with Crippen LogP contribution in [-0.4, -0.2) is 9.97 Å². The van der Waals surface area contributed by atoms with Gasteiger partial charge in [0.1, 0.15) is 5.65 Å². The molecule has 0 saturated carbocycles. The predicted molar refractivity (Wildman–Crippen MR) is 78.5 cm³/mol. The molecule has 0 amide bonds. The maximum Gasteiger partial charge on any atom is 0.198 e.